The van der Waals surface area contributed by atoms with Crippen LogP contribution in [0.15, 0.2) is 0 Å². The lowest BCUT2D eigenvalue weighted by Gasteiger charge is -2.30. The van der Waals surface area contributed by atoms with Gasteiger partial charge in [0.1, 0.15) is 0 Å². The molecule has 1 aliphatic rings. The zero-order valence-electron chi connectivity index (χ0n) is 8.73. The highest BCUT2D eigenvalue weighted by Crippen LogP contribution is 2.34. The normalized spacial score (nSPS) is 33.6. The second kappa shape index (κ2) is 4.31. The Morgan fingerprint density at radius 3 is 2.50 bits per heavy atom. The smallest absolute Gasteiger partial charge is 0.151 e. The largest absolute Gasteiger partial charge is 0.229 e. The molecule has 80 valence electrons. The summed E-state index contributed by atoms with van der Waals surface area (Å²) in [5, 5.41) is 8.44. The maximum Gasteiger partial charge on any atom is 0.151 e. The van der Waals surface area contributed by atoms with Crippen LogP contribution in [0.2, 0.25) is 0 Å². The molecule has 0 spiro atoms. The van der Waals surface area contributed by atoms with Crippen molar-refractivity contribution in [3.05, 3.63) is 0 Å². The van der Waals surface area contributed by atoms with E-state index in [9.17, 15) is 8.42 Å². The molecule has 0 aliphatic heterocycles. The van der Waals surface area contributed by atoms with Gasteiger partial charge in [-0.3, -0.25) is 0 Å². The van der Waals surface area contributed by atoms with E-state index in [1.165, 1.54) is 6.26 Å². The van der Waals surface area contributed by atoms with Gasteiger partial charge in [0, 0.05) is 6.26 Å². The van der Waals surface area contributed by atoms with Crippen LogP contribution < -0.4 is 0 Å². The average molecular weight is 215 g/mol. The van der Waals surface area contributed by atoms with E-state index in [1.807, 2.05) is 0 Å². The van der Waals surface area contributed by atoms with Crippen molar-refractivity contribution >= 4 is 9.84 Å². The van der Waals surface area contributed by atoms with Gasteiger partial charge in [-0.2, -0.15) is 5.26 Å². The first-order chi connectivity index (χ1) is 6.49. The molecular weight excluding hydrogens is 198 g/mol. The van der Waals surface area contributed by atoms with Crippen molar-refractivity contribution in [2.45, 2.75) is 37.9 Å². The molecule has 0 aromatic rings. The third-order valence-corrected chi connectivity index (χ3v) is 4.81. The predicted molar refractivity (Wildman–Crippen MR) is 55.4 cm³/mol. The van der Waals surface area contributed by atoms with Crippen molar-refractivity contribution in [2.75, 3.05) is 6.26 Å². The number of sulfone groups is 1. The van der Waals surface area contributed by atoms with Gasteiger partial charge < -0.3 is 0 Å². The van der Waals surface area contributed by atoms with Gasteiger partial charge in [0.2, 0.25) is 0 Å². The van der Waals surface area contributed by atoms with Crippen molar-refractivity contribution in [3.8, 4) is 6.07 Å². The molecule has 0 aromatic carbocycles. The van der Waals surface area contributed by atoms with E-state index in [0.29, 0.717) is 12.3 Å². The molecule has 1 saturated carbocycles. The van der Waals surface area contributed by atoms with Crippen molar-refractivity contribution < 1.29 is 8.42 Å². The molecule has 3 atom stereocenters. The second-order valence-corrected chi connectivity index (χ2v) is 6.46. The maximum absolute atomic E-state index is 11.5. The average Bonchev–Trinajstić information content (AvgIpc) is 2.15. The summed E-state index contributed by atoms with van der Waals surface area (Å²) >= 11 is 0. The minimum absolute atomic E-state index is 0.284. The third kappa shape index (κ3) is 2.48. The topological polar surface area (TPSA) is 57.9 Å². The molecule has 1 aliphatic carbocycles. The Labute approximate surface area is 86.0 Å². The minimum Gasteiger partial charge on any atom is -0.229 e. The van der Waals surface area contributed by atoms with Crippen LogP contribution >= 0.6 is 0 Å². The van der Waals surface area contributed by atoms with Crippen molar-refractivity contribution in [1.29, 1.82) is 5.26 Å². The van der Waals surface area contributed by atoms with Gasteiger partial charge in [-0.15, -0.1) is 0 Å². The van der Waals surface area contributed by atoms with Gasteiger partial charge in [0.15, 0.2) is 9.84 Å². The van der Waals surface area contributed by atoms with E-state index in [4.69, 9.17) is 5.26 Å². The van der Waals surface area contributed by atoms with Gasteiger partial charge in [0.25, 0.3) is 0 Å². The van der Waals surface area contributed by atoms with Gasteiger partial charge in [-0.1, -0.05) is 13.3 Å². The van der Waals surface area contributed by atoms with E-state index in [0.717, 1.165) is 19.3 Å². The molecule has 0 amide bonds. The highest BCUT2D eigenvalue weighted by molar-refractivity contribution is 7.91. The van der Waals surface area contributed by atoms with Crippen molar-refractivity contribution in [2.24, 2.45) is 11.8 Å². The molecular formula is C10H17NO2S. The predicted octanol–water partition coefficient (Wildman–Crippen LogP) is 1.75. The van der Waals surface area contributed by atoms with E-state index >= 15 is 0 Å². The molecule has 4 heteroatoms. The van der Waals surface area contributed by atoms with Crippen LogP contribution in [0.1, 0.15) is 32.6 Å². The standard InChI is InChI=1S/C10H17NO2S/c1-3-8-4-5-9(7-11)10(6-8)14(2,12)13/h8-10H,3-6H2,1-2H3. The van der Waals surface area contributed by atoms with E-state index in [2.05, 4.69) is 13.0 Å². The molecule has 0 bridgehead atoms. The summed E-state index contributed by atoms with van der Waals surface area (Å²) in [5.74, 6) is 0.201. The van der Waals surface area contributed by atoms with Crippen LogP contribution in [-0.4, -0.2) is 19.9 Å². The summed E-state index contributed by atoms with van der Waals surface area (Å²) in [4.78, 5) is 0. The highest BCUT2D eigenvalue weighted by atomic mass is 32.2. The maximum atomic E-state index is 11.5. The number of rotatable bonds is 2. The molecule has 0 aromatic heterocycles. The fourth-order valence-corrected chi connectivity index (χ4v) is 3.62. The summed E-state index contributed by atoms with van der Waals surface area (Å²) in [6.45, 7) is 2.08. The Hall–Kier alpha value is -0.560. The molecule has 14 heavy (non-hydrogen) atoms. The summed E-state index contributed by atoms with van der Waals surface area (Å²) < 4.78 is 22.9. The van der Waals surface area contributed by atoms with E-state index in [-0.39, 0.29) is 5.92 Å². The van der Waals surface area contributed by atoms with E-state index in [1.54, 1.807) is 0 Å². The third-order valence-electron chi connectivity index (χ3n) is 3.19. The summed E-state index contributed by atoms with van der Waals surface area (Å²) in [6, 6.07) is 2.13. The quantitative estimate of drug-likeness (QED) is 0.705. The SMILES string of the molecule is CCC1CCC(C#N)C(S(C)(=O)=O)C1. The number of hydrogen-bond acceptors (Lipinski definition) is 3. The summed E-state index contributed by atoms with van der Waals surface area (Å²) in [5.41, 5.74) is 0. The van der Waals surface area contributed by atoms with Gasteiger partial charge in [-0.05, 0) is 25.2 Å². The van der Waals surface area contributed by atoms with Crippen molar-refractivity contribution in [3.63, 3.8) is 0 Å². The molecule has 0 N–H and O–H groups in total. The van der Waals surface area contributed by atoms with E-state index < -0.39 is 15.1 Å². The van der Waals surface area contributed by atoms with Crippen LogP contribution in [-0.2, 0) is 9.84 Å². The minimum atomic E-state index is -3.05. The molecule has 0 heterocycles. The van der Waals surface area contributed by atoms with Gasteiger partial charge >= 0.3 is 0 Å². The van der Waals surface area contributed by atoms with Gasteiger partial charge in [-0.25, -0.2) is 8.42 Å². The first-order valence-corrected chi connectivity index (χ1v) is 7.03. The molecule has 3 nitrogen and oxygen atoms in total. The van der Waals surface area contributed by atoms with Crippen molar-refractivity contribution in [1.82, 2.24) is 0 Å². The summed E-state index contributed by atoms with van der Waals surface area (Å²) in [6.07, 6.45) is 4.69. The zero-order valence-corrected chi connectivity index (χ0v) is 9.55. The number of nitrogens with zero attached hydrogens (tertiary/aromatic N) is 1. The Morgan fingerprint density at radius 1 is 1.43 bits per heavy atom. The monoisotopic (exact) mass is 215 g/mol. The lowest BCUT2D eigenvalue weighted by molar-refractivity contribution is 0.309. The molecule has 0 radical (unpaired) electrons. The number of hydrogen-bond donors (Lipinski definition) is 0. The summed E-state index contributed by atoms with van der Waals surface area (Å²) in [7, 11) is -3.05. The fourth-order valence-electron chi connectivity index (χ4n) is 2.20. The Kier molecular flexibility index (Phi) is 3.54. The Bertz CT molecular complexity index is 329. The highest BCUT2D eigenvalue weighted by Gasteiger charge is 2.36. The first-order valence-electron chi connectivity index (χ1n) is 5.07. The van der Waals surface area contributed by atoms with Crippen LogP contribution in [0.4, 0.5) is 0 Å². The number of nitriles is 1. The molecule has 1 fully saturated rings. The zero-order chi connectivity index (χ0) is 10.8. The fraction of sp³-hybridized carbons (Fsp3) is 0.900. The van der Waals surface area contributed by atoms with Crippen LogP contribution in [0.5, 0.6) is 0 Å². The lowest BCUT2D eigenvalue weighted by Crippen LogP contribution is -2.34. The van der Waals surface area contributed by atoms with Crippen LogP contribution in [0.3, 0.4) is 0 Å². The molecule has 0 saturated heterocycles. The Morgan fingerprint density at radius 2 is 2.07 bits per heavy atom. The first kappa shape index (κ1) is 11.5. The van der Waals surface area contributed by atoms with Gasteiger partial charge in [0.05, 0.1) is 17.2 Å². The molecule has 1 rings (SSSR count). The Balaban J connectivity index is 2.82. The van der Waals surface area contributed by atoms with Crippen LogP contribution in [0.25, 0.3) is 0 Å². The van der Waals surface area contributed by atoms with Crippen LogP contribution in [0, 0.1) is 23.2 Å². The second-order valence-electron chi connectivity index (χ2n) is 4.19. The lowest BCUT2D eigenvalue weighted by atomic mass is 9.81. The molecule has 3 unspecified atom stereocenters.